The molecule has 7 heteroatoms. The first-order valence-electron chi connectivity index (χ1n) is 5.35. The molecule has 96 valence electrons. The van der Waals surface area contributed by atoms with E-state index in [2.05, 4.69) is 31.4 Å². The third-order valence-electron chi connectivity index (χ3n) is 2.73. The van der Waals surface area contributed by atoms with Crippen LogP contribution in [0.5, 0.6) is 0 Å². The first-order chi connectivity index (χ1) is 8.61. The minimum absolute atomic E-state index is 0.311. The summed E-state index contributed by atoms with van der Waals surface area (Å²) in [5.74, 6) is 5.92. The van der Waals surface area contributed by atoms with Crippen molar-refractivity contribution in [3.05, 3.63) is 46.2 Å². The second kappa shape index (κ2) is 5.55. The highest BCUT2D eigenvalue weighted by Crippen LogP contribution is 2.22. The van der Waals surface area contributed by atoms with Gasteiger partial charge in [-0.1, -0.05) is 22.0 Å². The summed E-state index contributed by atoms with van der Waals surface area (Å²) < 4.78 is 16.2. The Labute approximate surface area is 112 Å². The number of hydrogen-bond acceptors (Lipinski definition) is 4. The lowest BCUT2D eigenvalue weighted by molar-refractivity contribution is 0.492. The van der Waals surface area contributed by atoms with Crippen LogP contribution in [0, 0.1) is 5.82 Å². The SMILES string of the molecule is Cn1ncnc1CC(NN)c1ccc(Br)cc1F. The Kier molecular flexibility index (Phi) is 4.05. The lowest BCUT2D eigenvalue weighted by Gasteiger charge is -2.16. The summed E-state index contributed by atoms with van der Waals surface area (Å²) >= 11 is 3.22. The minimum Gasteiger partial charge on any atom is -0.271 e. The van der Waals surface area contributed by atoms with E-state index in [1.165, 1.54) is 12.4 Å². The van der Waals surface area contributed by atoms with Crippen molar-refractivity contribution in [2.45, 2.75) is 12.5 Å². The van der Waals surface area contributed by atoms with Gasteiger partial charge in [-0.05, 0) is 12.1 Å². The molecule has 1 heterocycles. The zero-order valence-corrected chi connectivity index (χ0v) is 11.4. The molecular weight excluding hydrogens is 301 g/mol. The van der Waals surface area contributed by atoms with Crippen LogP contribution < -0.4 is 11.3 Å². The van der Waals surface area contributed by atoms with Gasteiger partial charge in [-0.2, -0.15) is 5.10 Å². The Morgan fingerprint density at radius 2 is 2.33 bits per heavy atom. The molecule has 0 amide bonds. The predicted octanol–water partition coefficient (Wildman–Crippen LogP) is 1.46. The lowest BCUT2D eigenvalue weighted by atomic mass is 10.0. The maximum absolute atomic E-state index is 13.8. The summed E-state index contributed by atoms with van der Waals surface area (Å²) in [5, 5.41) is 3.97. The number of aromatic nitrogens is 3. The van der Waals surface area contributed by atoms with Gasteiger partial charge in [0.15, 0.2) is 0 Å². The Hall–Kier alpha value is -1.31. The fourth-order valence-electron chi connectivity index (χ4n) is 1.73. The third kappa shape index (κ3) is 2.74. The van der Waals surface area contributed by atoms with Gasteiger partial charge in [0, 0.05) is 23.5 Å². The molecule has 0 saturated heterocycles. The van der Waals surface area contributed by atoms with Crippen molar-refractivity contribution in [2.75, 3.05) is 0 Å². The van der Waals surface area contributed by atoms with Crippen LogP contribution >= 0.6 is 15.9 Å². The average Bonchev–Trinajstić information content (AvgIpc) is 2.73. The molecule has 0 aliphatic heterocycles. The van der Waals surface area contributed by atoms with Gasteiger partial charge in [0.05, 0.1) is 6.04 Å². The second-order valence-corrected chi connectivity index (χ2v) is 4.80. The quantitative estimate of drug-likeness (QED) is 0.662. The van der Waals surface area contributed by atoms with E-state index in [1.54, 1.807) is 23.9 Å². The van der Waals surface area contributed by atoms with Crippen LogP contribution in [0.1, 0.15) is 17.4 Å². The minimum atomic E-state index is -0.346. The van der Waals surface area contributed by atoms with Gasteiger partial charge < -0.3 is 0 Å². The summed E-state index contributed by atoms with van der Waals surface area (Å²) in [6, 6.07) is 4.54. The molecule has 2 rings (SSSR count). The number of rotatable bonds is 4. The van der Waals surface area contributed by atoms with Gasteiger partial charge in [-0.15, -0.1) is 0 Å². The first kappa shape index (κ1) is 13.1. The molecule has 0 bridgehead atoms. The highest BCUT2D eigenvalue weighted by molar-refractivity contribution is 9.10. The molecule has 3 N–H and O–H groups in total. The summed E-state index contributed by atoms with van der Waals surface area (Å²) in [7, 11) is 1.79. The molecular formula is C11H13BrFN5. The molecule has 0 saturated carbocycles. The monoisotopic (exact) mass is 313 g/mol. The van der Waals surface area contributed by atoms with Gasteiger partial charge >= 0.3 is 0 Å². The topological polar surface area (TPSA) is 68.8 Å². The number of nitrogens with two attached hydrogens (primary N) is 1. The number of nitrogens with one attached hydrogen (secondary N) is 1. The molecule has 0 spiro atoms. The van der Waals surface area contributed by atoms with Gasteiger partial charge in [0.1, 0.15) is 18.0 Å². The van der Waals surface area contributed by atoms with Crippen LogP contribution in [-0.2, 0) is 13.5 Å². The summed E-state index contributed by atoms with van der Waals surface area (Å²) in [6.07, 6.45) is 1.92. The molecule has 2 aromatic rings. The van der Waals surface area contributed by atoms with E-state index in [9.17, 15) is 4.39 Å². The van der Waals surface area contributed by atoms with Crippen LogP contribution in [0.2, 0.25) is 0 Å². The molecule has 1 aromatic carbocycles. The summed E-state index contributed by atoms with van der Waals surface area (Å²) in [4.78, 5) is 4.10. The Morgan fingerprint density at radius 3 is 2.89 bits per heavy atom. The van der Waals surface area contributed by atoms with Crippen molar-refractivity contribution in [1.82, 2.24) is 20.2 Å². The van der Waals surface area contributed by atoms with E-state index in [-0.39, 0.29) is 11.9 Å². The van der Waals surface area contributed by atoms with Gasteiger partial charge in [0.25, 0.3) is 0 Å². The molecule has 0 fully saturated rings. The van der Waals surface area contributed by atoms with Crippen molar-refractivity contribution < 1.29 is 4.39 Å². The van der Waals surface area contributed by atoms with Crippen molar-refractivity contribution in [2.24, 2.45) is 12.9 Å². The van der Waals surface area contributed by atoms with Crippen molar-refractivity contribution in [3.63, 3.8) is 0 Å². The van der Waals surface area contributed by atoms with Gasteiger partial charge in [-0.3, -0.25) is 16.0 Å². The smallest absolute Gasteiger partial charge is 0.138 e. The Bertz CT molecular complexity index is 542. The molecule has 1 atom stereocenters. The van der Waals surface area contributed by atoms with E-state index in [4.69, 9.17) is 5.84 Å². The summed E-state index contributed by atoms with van der Waals surface area (Å²) in [6.45, 7) is 0. The predicted molar refractivity (Wildman–Crippen MR) is 68.9 cm³/mol. The number of aryl methyl sites for hydroxylation is 1. The zero-order chi connectivity index (χ0) is 13.1. The Balaban J connectivity index is 2.26. The van der Waals surface area contributed by atoms with Crippen LogP contribution in [0.15, 0.2) is 29.0 Å². The molecule has 5 nitrogen and oxygen atoms in total. The number of halogens is 2. The maximum atomic E-state index is 13.8. The largest absolute Gasteiger partial charge is 0.271 e. The van der Waals surface area contributed by atoms with E-state index in [0.29, 0.717) is 16.5 Å². The zero-order valence-electron chi connectivity index (χ0n) is 9.77. The summed E-state index contributed by atoms with van der Waals surface area (Å²) in [5.41, 5.74) is 3.11. The van der Waals surface area contributed by atoms with Gasteiger partial charge in [0.2, 0.25) is 0 Å². The molecule has 1 unspecified atom stereocenters. The average molecular weight is 314 g/mol. The van der Waals surface area contributed by atoms with Crippen LogP contribution in [0.25, 0.3) is 0 Å². The van der Waals surface area contributed by atoms with Crippen LogP contribution in [0.4, 0.5) is 4.39 Å². The highest BCUT2D eigenvalue weighted by Gasteiger charge is 2.17. The van der Waals surface area contributed by atoms with Crippen molar-refractivity contribution in [3.8, 4) is 0 Å². The molecule has 1 aromatic heterocycles. The van der Waals surface area contributed by atoms with Crippen molar-refractivity contribution in [1.29, 1.82) is 0 Å². The molecule has 0 radical (unpaired) electrons. The molecule has 0 aliphatic rings. The highest BCUT2D eigenvalue weighted by atomic mass is 79.9. The fraction of sp³-hybridized carbons (Fsp3) is 0.273. The van der Waals surface area contributed by atoms with E-state index >= 15 is 0 Å². The maximum Gasteiger partial charge on any atom is 0.138 e. The fourth-order valence-corrected chi connectivity index (χ4v) is 2.06. The second-order valence-electron chi connectivity index (χ2n) is 3.89. The normalized spacial score (nSPS) is 12.7. The van der Waals surface area contributed by atoms with Crippen molar-refractivity contribution >= 4 is 15.9 Å². The van der Waals surface area contributed by atoms with E-state index < -0.39 is 0 Å². The number of hydrogen-bond donors (Lipinski definition) is 2. The number of hydrazine groups is 1. The van der Waals surface area contributed by atoms with Gasteiger partial charge in [-0.25, -0.2) is 9.37 Å². The molecule has 18 heavy (non-hydrogen) atoms. The number of benzene rings is 1. The Morgan fingerprint density at radius 1 is 1.56 bits per heavy atom. The van der Waals surface area contributed by atoms with E-state index in [1.807, 2.05) is 0 Å². The lowest BCUT2D eigenvalue weighted by Crippen LogP contribution is -2.31. The molecule has 0 aliphatic carbocycles. The standard InChI is InChI=1S/C11H13BrFN5/c1-18-11(15-6-16-18)5-10(17-14)8-3-2-7(12)4-9(8)13/h2-4,6,10,17H,5,14H2,1H3. The van der Waals surface area contributed by atoms with Crippen LogP contribution in [-0.4, -0.2) is 14.8 Å². The third-order valence-corrected chi connectivity index (χ3v) is 3.22. The van der Waals surface area contributed by atoms with E-state index in [0.717, 1.165) is 5.82 Å². The first-order valence-corrected chi connectivity index (χ1v) is 6.15. The number of nitrogens with zero attached hydrogens (tertiary/aromatic N) is 3. The van der Waals surface area contributed by atoms with Crippen LogP contribution in [0.3, 0.4) is 0 Å².